The number of nitrogens with one attached hydrogen (secondary N) is 3. The highest BCUT2D eigenvalue weighted by atomic mass is 15.2. The van der Waals surface area contributed by atoms with Crippen LogP contribution in [0.3, 0.4) is 0 Å². The van der Waals surface area contributed by atoms with Gasteiger partial charge in [0.15, 0.2) is 5.65 Å². The van der Waals surface area contributed by atoms with Gasteiger partial charge in [0.1, 0.15) is 5.82 Å². The summed E-state index contributed by atoms with van der Waals surface area (Å²) in [6, 6.07) is 0. The number of nitrogens with zero attached hydrogens (tertiary/aromatic N) is 3. The molecule has 6 heteroatoms. The number of anilines is 2. The molecule has 0 spiro atoms. The topological polar surface area (TPSA) is 78.5 Å². The quantitative estimate of drug-likeness (QED) is 0.761. The molecule has 114 valence electrons. The van der Waals surface area contributed by atoms with Crippen molar-refractivity contribution < 1.29 is 0 Å². The number of aromatic amines is 1. The van der Waals surface area contributed by atoms with E-state index in [0.29, 0.717) is 5.95 Å². The Balaban J connectivity index is 1.74. The van der Waals surface area contributed by atoms with E-state index in [2.05, 4.69) is 44.6 Å². The summed E-state index contributed by atoms with van der Waals surface area (Å²) in [5.74, 6) is 3.16. The Morgan fingerprint density at radius 3 is 2.95 bits per heavy atom. The molecule has 0 radical (unpaired) electrons. The van der Waals surface area contributed by atoms with Crippen molar-refractivity contribution in [2.45, 2.75) is 39.5 Å². The highest BCUT2D eigenvalue weighted by Crippen LogP contribution is 2.30. The summed E-state index contributed by atoms with van der Waals surface area (Å²) in [5, 5.41) is 14.7. The van der Waals surface area contributed by atoms with Crippen molar-refractivity contribution in [3.8, 4) is 0 Å². The van der Waals surface area contributed by atoms with Gasteiger partial charge in [-0.15, -0.1) is 0 Å². The normalized spacial score (nSPS) is 21.8. The van der Waals surface area contributed by atoms with Gasteiger partial charge in [-0.1, -0.05) is 20.3 Å². The van der Waals surface area contributed by atoms with Gasteiger partial charge in [-0.3, -0.25) is 5.10 Å². The molecule has 21 heavy (non-hydrogen) atoms. The molecule has 2 heterocycles. The standard InChI is InChI=1S/C15H24N6/c1-3-6-16-15-19-13(12-9-18-21-14(12)20-15)17-8-11-5-4-10(2)7-11/h9-11H,3-8H2,1-2H3,(H3,16,17,18,19,20,21). The second-order valence-electron chi connectivity index (χ2n) is 6.12. The van der Waals surface area contributed by atoms with E-state index in [9.17, 15) is 0 Å². The largest absolute Gasteiger partial charge is 0.369 e. The van der Waals surface area contributed by atoms with Crippen molar-refractivity contribution >= 4 is 22.8 Å². The first-order valence-electron chi connectivity index (χ1n) is 7.95. The van der Waals surface area contributed by atoms with E-state index >= 15 is 0 Å². The smallest absolute Gasteiger partial charge is 0.226 e. The Morgan fingerprint density at radius 2 is 2.19 bits per heavy atom. The molecule has 0 aliphatic heterocycles. The van der Waals surface area contributed by atoms with E-state index in [-0.39, 0.29) is 0 Å². The van der Waals surface area contributed by atoms with Crippen LogP contribution >= 0.6 is 0 Å². The van der Waals surface area contributed by atoms with Gasteiger partial charge in [0, 0.05) is 13.1 Å². The lowest BCUT2D eigenvalue weighted by Gasteiger charge is -2.13. The molecule has 0 aromatic carbocycles. The summed E-state index contributed by atoms with van der Waals surface area (Å²) in [5.41, 5.74) is 0.783. The summed E-state index contributed by atoms with van der Waals surface area (Å²) in [6.45, 7) is 6.32. The lowest BCUT2D eigenvalue weighted by atomic mass is 10.1. The maximum Gasteiger partial charge on any atom is 0.226 e. The van der Waals surface area contributed by atoms with Gasteiger partial charge < -0.3 is 10.6 Å². The molecule has 0 amide bonds. The predicted octanol–water partition coefficient (Wildman–Crippen LogP) is 3.02. The van der Waals surface area contributed by atoms with Gasteiger partial charge in [-0.25, -0.2) is 0 Å². The van der Waals surface area contributed by atoms with Crippen LogP contribution < -0.4 is 10.6 Å². The Labute approximate surface area is 125 Å². The zero-order chi connectivity index (χ0) is 14.7. The average molecular weight is 288 g/mol. The number of hydrogen-bond acceptors (Lipinski definition) is 5. The van der Waals surface area contributed by atoms with Gasteiger partial charge in [0.25, 0.3) is 0 Å². The van der Waals surface area contributed by atoms with E-state index in [1.807, 2.05) is 0 Å². The van der Waals surface area contributed by atoms with Crippen LogP contribution in [0.1, 0.15) is 39.5 Å². The van der Waals surface area contributed by atoms with E-state index < -0.39 is 0 Å². The summed E-state index contributed by atoms with van der Waals surface area (Å²) < 4.78 is 0. The van der Waals surface area contributed by atoms with Gasteiger partial charge in [0.2, 0.25) is 5.95 Å². The van der Waals surface area contributed by atoms with Crippen molar-refractivity contribution in [3.63, 3.8) is 0 Å². The van der Waals surface area contributed by atoms with Gasteiger partial charge in [0.05, 0.1) is 11.6 Å². The zero-order valence-corrected chi connectivity index (χ0v) is 12.8. The number of aromatic nitrogens is 4. The first-order valence-corrected chi connectivity index (χ1v) is 7.95. The lowest BCUT2D eigenvalue weighted by Crippen LogP contribution is -2.14. The maximum atomic E-state index is 4.60. The minimum absolute atomic E-state index is 0.663. The third-order valence-electron chi connectivity index (χ3n) is 4.20. The van der Waals surface area contributed by atoms with Gasteiger partial charge in [-0.2, -0.15) is 15.1 Å². The fourth-order valence-corrected chi connectivity index (χ4v) is 3.04. The molecule has 0 saturated heterocycles. The lowest BCUT2D eigenvalue weighted by molar-refractivity contribution is 0.537. The van der Waals surface area contributed by atoms with Gasteiger partial charge >= 0.3 is 0 Å². The van der Waals surface area contributed by atoms with Crippen molar-refractivity contribution in [1.82, 2.24) is 20.2 Å². The molecule has 3 N–H and O–H groups in total. The second kappa shape index (κ2) is 6.28. The van der Waals surface area contributed by atoms with Crippen LogP contribution in [0.5, 0.6) is 0 Å². The Hall–Kier alpha value is -1.85. The maximum absolute atomic E-state index is 4.60. The number of hydrogen-bond donors (Lipinski definition) is 3. The molecule has 1 fully saturated rings. The van der Waals surface area contributed by atoms with Crippen molar-refractivity contribution in [2.24, 2.45) is 11.8 Å². The van der Waals surface area contributed by atoms with Crippen LogP contribution in [0.2, 0.25) is 0 Å². The fourth-order valence-electron chi connectivity index (χ4n) is 3.04. The summed E-state index contributed by atoms with van der Waals surface area (Å²) in [4.78, 5) is 9.04. The molecule has 0 bridgehead atoms. The minimum atomic E-state index is 0.663. The van der Waals surface area contributed by atoms with Crippen molar-refractivity contribution in [2.75, 3.05) is 23.7 Å². The van der Waals surface area contributed by atoms with E-state index in [1.54, 1.807) is 6.20 Å². The molecular formula is C15H24N6. The molecule has 2 aromatic heterocycles. The highest BCUT2D eigenvalue weighted by Gasteiger charge is 2.21. The number of rotatable bonds is 6. The third-order valence-corrected chi connectivity index (χ3v) is 4.20. The predicted molar refractivity (Wildman–Crippen MR) is 85.5 cm³/mol. The summed E-state index contributed by atoms with van der Waals surface area (Å²) >= 11 is 0. The SMILES string of the molecule is CCCNc1nc(NCC2CCC(C)C2)c2cn[nH]c2n1. The molecule has 2 unspecified atom stereocenters. The fraction of sp³-hybridized carbons (Fsp3) is 0.667. The van der Waals surface area contributed by atoms with Crippen LogP contribution in [0.15, 0.2) is 6.20 Å². The molecular weight excluding hydrogens is 264 g/mol. The molecule has 1 aliphatic rings. The zero-order valence-electron chi connectivity index (χ0n) is 12.8. The van der Waals surface area contributed by atoms with Gasteiger partial charge in [-0.05, 0) is 31.1 Å². The molecule has 1 aliphatic carbocycles. The molecule has 2 aromatic rings. The Bertz CT molecular complexity index is 593. The second-order valence-corrected chi connectivity index (χ2v) is 6.12. The highest BCUT2D eigenvalue weighted by molar-refractivity contribution is 5.86. The Kier molecular flexibility index (Phi) is 4.22. The van der Waals surface area contributed by atoms with Crippen LogP contribution in [-0.4, -0.2) is 33.3 Å². The van der Waals surface area contributed by atoms with Crippen LogP contribution in [-0.2, 0) is 0 Å². The van der Waals surface area contributed by atoms with E-state index in [1.165, 1.54) is 19.3 Å². The van der Waals surface area contributed by atoms with Crippen molar-refractivity contribution in [1.29, 1.82) is 0 Å². The summed E-state index contributed by atoms with van der Waals surface area (Å²) in [7, 11) is 0. The molecule has 2 atom stereocenters. The monoisotopic (exact) mass is 288 g/mol. The summed E-state index contributed by atoms with van der Waals surface area (Å²) in [6.07, 6.45) is 6.81. The third kappa shape index (κ3) is 3.25. The first kappa shape index (κ1) is 14.1. The first-order chi connectivity index (χ1) is 10.3. The molecule has 3 rings (SSSR count). The average Bonchev–Trinajstić information content (AvgIpc) is 3.11. The van der Waals surface area contributed by atoms with Crippen LogP contribution in [0, 0.1) is 11.8 Å². The minimum Gasteiger partial charge on any atom is -0.369 e. The number of fused-ring (bicyclic) bond motifs is 1. The van der Waals surface area contributed by atoms with Crippen molar-refractivity contribution in [3.05, 3.63) is 6.20 Å². The van der Waals surface area contributed by atoms with Crippen LogP contribution in [0.4, 0.5) is 11.8 Å². The van der Waals surface area contributed by atoms with E-state index in [4.69, 9.17) is 0 Å². The number of H-pyrrole nitrogens is 1. The Morgan fingerprint density at radius 1 is 1.29 bits per heavy atom. The van der Waals surface area contributed by atoms with E-state index in [0.717, 1.165) is 48.2 Å². The molecule has 1 saturated carbocycles. The molecule has 6 nitrogen and oxygen atoms in total. The van der Waals surface area contributed by atoms with Crippen LogP contribution in [0.25, 0.3) is 11.0 Å².